The number of nitrogens with zero attached hydrogens (tertiary/aromatic N) is 3. The second kappa shape index (κ2) is 31.9. The summed E-state index contributed by atoms with van der Waals surface area (Å²) < 4.78 is 0. The van der Waals surface area contributed by atoms with Crippen molar-refractivity contribution < 1.29 is 58.2 Å². The Bertz CT molecular complexity index is 3650. The standard InChI is InChI=1S/C64H80N16O12/c1-35(2)25-47(57(86)73-46(13-7-23-69-64(66)67)63(92)80-24-8-14-53(80)55(65)84)74-59(88)49(28-37-15-18-38-9-3-4-10-39(38)26-37)75-58(87)48(27-36-16-19-42(82)20-17-36)76-62(91)52(33-81)79-60(89)50(29-40-31-70-44-12-6-5-11-43(40)44)77-61(90)51(30-41-32-68-34-71-41)78-56(85)45-21-22-54(83)72-45/h3-6,9-12,15-20,26,31-32,34-35,45-53,70,81-82H,7-8,13-14,21-25,27-30,33H2,1-2H3,(H2,65,84)(H,68,71)(H,72,83)(H,73,86)(H,74,88)(H,75,87)(H,76,91)(H,77,90)(H,78,85)(H,79,89)(H4,66,67,69)/t45-,46-,47-,48-,49+,50-,51-,52-,53-/m0/s1. The van der Waals surface area contributed by atoms with Gasteiger partial charge in [0.15, 0.2) is 5.96 Å². The number of aliphatic hydroxyl groups is 1. The lowest BCUT2D eigenvalue weighted by atomic mass is 9.98. The molecular formula is C64H80N16O12. The first-order chi connectivity index (χ1) is 44.1. The van der Waals surface area contributed by atoms with E-state index in [4.69, 9.17) is 17.2 Å². The fraction of sp³-hybridized carbons (Fsp3) is 0.406. The topological polar surface area (TPSA) is 446 Å². The summed E-state index contributed by atoms with van der Waals surface area (Å²) in [5.74, 6) is -8.06. The van der Waals surface area contributed by atoms with Crippen LogP contribution in [0, 0.1) is 5.92 Å². The molecule has 28 nitrogen and oxygen atoms in total. The number of primary amides is 1. The van der Waals surface area contributed by atoms with Gasteiger partial charge in [0.2, 0.25) is 59.1 Å². The molecule has 2 aromatic heterocycles. The normalized spacial score (nSPS) is 16.8. The van der Waals surface area contributed by atoms with Gasteiger partial charge in [-0.2, -0.15) is 0 Å². The summed E-state index contributed by atoms with van der Waals surface area (Å²) in [5.41, 5.74) is 19.5. The molecule has 2 saturated heterocycles. The molecule has 10 amide bonds. The Morgan fingerprint density at radius 1 is 0.663 bits per heavy atom. The van der Waals surface area contributed by atoms with Gasteiger partial charge in [0.1, 0.15) is 60.1 Å². The molecule has 2 aliphatic heterocycles. The summed E-state index contributed by atoms with van der Waals surface area (Å²) in [5, 5.41) is 45.1. The number of aromatic amines is 2. The van der Waals surface area contributed by atoms with Gasteiger partial charge in [0.25, 0.3) is 0 Å². The number of amides is 10. The molecule has 4 heterocycles. The molecule has 2 aliphatic rings. The van der Waals surface area contributed by atoms with E-state index in [9.17, 15) is 48.6 Å². The van der Waals surface area contributed by atoms with Crippen LogP contribution in [0.1, 0.15) is 81.2 Å². The lowest BCUT2D eigenvalue weighted by Crippen LogP contribution is -2.61. The quantitative estimate of drug-likeness (QED) is 0.0145. The van der Waals surface area contributed by atoms with Gasteiger partial charge in [0.05, 0.1) is 12.9 Å². The molecule has 0 spiro atoms. The lowest BCUT2D eigenvalue weighted by Gasteiger charge is -2.30. The zero-order chi connectivity index (χ0) is 66.0. The number of hydrogen-bond donors (Lipinski definition) is 15. The Hall–Kier alpha value is -10.4. The number of phenolic OH excluding ortho intramolecular Hbond substituents is 1. The van der Waals surface area contributed by atoms with E-state index in [0.717, 1.165) is 10.8 Å². The van der Waals surface area contributed by atoms with Gasteiger partial charge in [-0.1, -0.05) is 86.6 Å². The van der Waals surface area contributed by atoms with Crippen molar-refractivity contribution in [2.45, 2.75) is 139 Å². The lowest BCUT2D eigenvalue weighted by molar-refractivity contribution is -0.141. The number of rotatable bonds is 31. The number of aromatic hydroxyl groups is 1. The minimum atomic E-state index is -1.78. The van der Waals surface area contributed by atoms with E-state index in [1.165, 1.54) is 41.7 Å². The van der Waals surface area contributed by atoms with Crippen molar-refractivity contribution >= 4 is 86.7 Å². The number of aliphatic imine (C=N–C) groups is 1. The van der Waals surface area contributed by atoms with Crippen LogP contribution in [0.4, 0.5) is 0 Å². The van der Waals surface area contributed by atoms with Crippen molar-refractivity contribution in [1.29, 1.82) is 0 Å². The molecule has 6 aromatic rings. The number of phenols is 1. The maximum absolute atomic E-state index is 15.1. The Morgan fingerprint density at radius 3 is 1.88 bits per heavy atom. The van der Waals surface area contributed by atoms with Gasteiger partial charge in [0, 0.05) is 74.2 Å². The number of fused-ring (bicyclic) bond motifs is 2. The third-order valence-corrected chi connectivity index (χ3v) is 16.1. The number of hydrogen-bond acceptors (Lipinski definition) is 14. The van der Waals surface area contributed by atoms with Crippen LogP contribution < -0.4 is 59.7 Å². The fourth-order valence-corrected chi connectivity index (χ4v) is 11.3. The molecule has 18 N–H and O–H groups in total. The highest BCUT2D eigenvalue weighted by molar-refractivity contribution is 6.00. The average molecular weight is 1270 g/mol. The number of H-pyrrole nitrogens is 2. The van der Waals surface area contributed by atoms with E-state index in [-0.39, 0.29) is 94.4 Å². The number of aliphatic hydroxyl groups excluding tert-OH is 1. The highest BCUT2D eigenvalue weighted by atomic mass is 16.3. The van der Waals surface area contributed by atoms with Crippen LogP contribution in [0.2, 0.25) is 0 Å². The maximum atomic E-state index is 15.1. The van der Waals surface area contributed by atoms with Crippen LogP contribution in [-0.4, -0.2) is 169 Å². The first-order valence-electron chi connectivity index (χ1n) is 30.6. The van der Waals surface area contributed by atoms with Crippen molar-refractivity contribution in [1.82, 2.24) is 62.4 Å². The van der Waals surface area contributed by atoms with Gasteiger partial charge >= 0.3 is 0 Å². The first-order valence-corrected chi connectivity index (χ1v) is 30.6. The summed E-state index contributed by atoms with van der Waals surface area (Å²) >= 11 is 0. The molecule has 0 unspecified atom stereocenters. The highest BCUT2D eigenvalue weighted by Crippen LogP contribution is 2.23. The van der Waals surface area contributed by atoms with Crippen molar-refractivity contribution in [3.05, 3.63) is 132 Å². The smallest absolute Gasteiger partial charge is 0.245 e. The summed E-state index contributed by atoms with van der Waals surface area (Å²) in [6.07, 6.45) is 5.24. The third kappa shape index (κ3) is 18.6. The number of guanidine groups is 1. The number of imidazole rings is 1. The van der Waals surface area contributed by atoms with Crippen LogP contribution in [0.15, 0.2) is 115 Å². The first kappa shape index (κ1) is 67.5. The Labute approximate surface area is 529 Å². The van der Waals surface area contributed by atoms with Crippen molar-refractivity contribution in [2.24, 2.45) is 28.1 Å². The number of aromatic nitrogens is 3. The molecule has 0 radical (unpaired) electrons. The monoisotopic (exact) mass is 1260 g/mol. The number of carbonyl (C=O) groups is 10. The summed E-state index contributed by atoms with van der Waals surface area (Å²) in [7, 11) is 0. The van der Waals surface area contributed by atoms with Crippen LogP contribution in [0.5, 0.6) is 5.75 Å². The average Bonchev–Trinajstić information content (AvgIpc) is 1.53. The van der Waals surface area contributed by atoms with Crippen LogP contribution in [-0.2, 0) is 73.6 Å². The molecular weight excluding hydrogens is 1180 g/mol. The largest absolute Gasteiger partial charge is 0.508 e. The minimum Gasteiger partial charge on any atom is -0.508 e. The van der Waals surface area contributed by atoms with Crippen LogP contribution in [0.3, 0.4) is 0 Å². The van der Waals surface area contributed by atoms with Gasteiger partial charge in [-0.05, 0) is 90.1 Å². The van der Waals surface area contributed by atoms with E-state index in [2.05, 4.69) is 62.5 Å². The van der Waals surface area contributed by atoms with Crippen molar-refractivity contribution in [2.75, 3.05) is 19.7 Å². The van der Waals surface area contributed by atoms with Crippen LogP contribution >= 0.6 is 0 Å². The van der Waals surface area contributed by atoms with Gasteiger partial charge < -0.3 is 84.8 Å². The van der Waals surface area contributed by atoms with Gasteiger partial charge in [-0.15, -0.1) is 0 Å². The second-order valence-electron chi connectivity index (χ2n) is 23.5. The molecule has 28 heteroatoms. The molecule has 0 aliphatic carbocycles. The predicted octanol–water partition coefficient (Wildman–Crippen LogP) is -0.739. The van der Waals surface area contributed by atoms with E-state index in [1.807, 2.05) is 56.3 Å². The number of benzene rings is 4. The predicted molar refractivity (Wildman–Crippen MR) is 339 cm³/mol. The number of nitrogens with one attached hydrogen (secondary N) is 10. The molecule has 4 aromatic carbocycles. The minimum absolute atomic E-state index is 0.0438. The molecule has 488 valence electrons. The Balaban J connectivity index is 1.06. The molecule has 9 atom stereocenters. The molecule has 0 saturated carbocycles. The van der Waals surface area contributed by atoms with Crippen molar-refractivity contribution in [3.63, 3.8) is 0 Å². The molecule has 92 heavy (non-hydrogen) atoms. The Morgan fingerprint density at radius 2 is 1.25 bits per heavy atom. The third-order valence-electron chi connectivity index (χ3n) is 16.1. The molecule has 2 fully saturated rings. The van der Waals surface area contributed by atoms with Crippen LogP contribution in [0.25, 0.3) is 21.7 Å². The molecule has 0 bridgehead atoms. The number of nitrogens with two attached hydrogens (primary N) is 3. The fourth-order valence-electron chi connectivity index (χ4n) is 11.3. The zero-order valence-electron chi connectivity index (χ0n) is 51.1. The SMILES string of the molecule is CC(C)C[C@H](NC(=O)[C@@H](Cc1ccc2ccccc2c1)NC(=O)[C@H](Cc1ccc(O)cc1)NC(=O)[C@H](CO)NC(=O)[C@H](Cc1c[nH]c2ccccc12)NC(=O)[C@H](Cc1cnc[nH]1)NC(=O)[C@@H]1CCC(=O)N1)C(=O)N[C@@H](CCCN=C(N)N)C(=O)N1CCC[C@H]1C(N)=O. The van der Waals surface area contributed by atoms with E-state index < -0.39 is 114 Å². The zero-order valence-corrected chi connectivity index (χ0v) is 51.1. The maximum Gasteiger partial charge on any atom is 0.245 e. The number of carbonyl (C=O) groups excluding carboxylic acids is 10. The molecule has 8 rings (SSSR count). The summed E-state index contributed by atoms with van der Waals surface area (Å²) in [6, 6.07) is 13.9. The highest BCUT2D eigenvalue weighted by Gasteiger charge is 2.39. The van der Waals surface area contributed by atoms with E-state index in [1.54, 1.807) is 30.5 Å². The van der Waals surface area contributed by atoms with Gasteiger partial charge in [-0.25, -0.2) is 4.98 Å². The van der Waals surface area contributed by atoms with Gasteiger partial charge in [-0.3, -0.25) is 52.9 Å². The number of likely N-dealkylation sites (tertiary alicyclic amines) is 1. The van der Waals surface area contributed by atoms with E-state index >= 15 is 9.59 Å². The summed E-state index contributed by atoms with van der Waals surface area (Å²) in [4.78, 5) is 156. The number of para-hydroxylation sites is 1. The Kier molecular flexibility index (Phi) is 23.4. The van der Waals surface area contributed by atoms with E-state index in [0.29, 0.717) is 46.1 Å². The summed E-state index contributed by atoms with van der Waals surface area (Å²) in [6.45, 7) is 2.95. The second-order valence-corrected chi connectivity index (χ2v) is 23.5. The van der Waals surface area contributed by atoms with Crippen molar-refractivity contribution in [3.8, 4) is 5.75 Å².